The molecule has 0 spiro atoms. The summed E-state index contributed by atoms with van der Waals surface area (Å²) >= 11 is 24.7. The number of benzene rings is 5. The third kappa shape index (κ3) is 19.9. The Morgan fingerprint density at radius 1 is 0.534 bits per heavy atom. The van der Waals surface area contributed by atoms with Crippen LogP contribution in [-0.4, -0.2) is 166 Å². The zero-order valence-corrected chi connectivity index (χ0v) is 51.3. The Bertz CT molecular complexity index is 3430. The second-order valence-corrected chi connectivity index (χ2v) is 22.8. The molecule has 2 atom stereocenters. The average Bonchev–Trinajstić information content (AvgIpc) is 2.20. The van der Waals surface area contributed by atoms with Gasteiger partial charge in [-0.3, -0.25) is 43.3 Å². The summed E-state index contributed by atoms with van der Waals surface area (Å²) in [6, 6.07) is 32.2. The molecular formula is C64H67Cl4F2N9O9. The van der Waals surface area contributed by atoms with Crippen LogP contribution in [0.2, 0.25) is 20.1 Å². The van der Waals surface area contributed by atoms with E-state index < -0.39 is 53.3 Å². The number of carbonyl (C=O) groups is 8. The largest absolute Gasteiger partial charge is 0.497 e. The summed E-state index contributed by atoms with van der Waals surface area (Å²) in [5.74, 6) is -4.25. The number of aromatic nitrogens is 1. The zero-order chi connectivity index (χ0) is 63.4. The lowest BCUT2D eigenvalue weighted by molar-refractivity contribution is -0.146. The van der Waals surface area contributed by atoms with Gasteiger partial charge in [-0.2, -0.15) is 0 Å². The predicted octanol–water partition coefficient (Wildman–Crippen LogP) is 7.21. The van der Waals surface area contributed by atoms with Gasteiger partial charge in [0.25, 0.3) is 0 Å². The fourth-order valence-corrected chi connectivity index (χ4v) is 11.2. The van der Waals surface area contributed by atoms with Crippen molar-refractivity contribution in [1.82, 2.24) is 34.4 Å². The number of primary amides is 2. The molecule has 5 aromatic carbocycles. The van der Waals surface area contributed by atoms with Gasteiger partial charge < -0.3 is 45.6 Å². The Morgan fingerprint density at radius 3 is 1.35 bits per heavy atom. The molecule has 0 radical (unpaired) electrons. The molecule has 0 saturated carbocycles. The Labute approximate surface area is 529 Å². The molecule has 18 nitrogen and oxygen atoms in total. The van der Waals surface area contributed by atoms with Crippen molar-refractivity contribution in [2.75, 3.05) is 72.6 Å². The highest BCUT2D eigenvalue weighted by molar-refractivity contribution is 6.35. The summed E-state index contributed by atoms with van der Waals surface area (Å²) in [6.45, 7) is -0.374. The minimum absolute atomic E-state index is 0.105. The van der Waals surface area contributed by atoms with Gasteiger partial charge in [0.15, 0.2) is 0 Å². The van der Waals surface area contributed by atoms with Crippen molar-refractivity contribution in [2.24, 2.45) is 11.5 Å². The van der Waals surface area contributed by atoms with Gasteiger partial charge in [0.05, 0.1) is 46.1 Å². The monoisotopic (exact) mass is 1280 g/mol. The topological polar surface area (TPSA) is 230 Å². The maximum absolute atomic E-state index is 14.1. The Morgan fingerprint density at radius 2 is 0.955 bits per heavy atom. The first-order valence-corrected chi connectivity index (χ1v) is 29.8. The van der Waals surface area contributed by atoms with Crippen LogP contribution in [0, 0.1) is 11.6 Å². The predicted molar refractivity (Wildman–Crippen MR) is 330 cm³/mol. The lowest BCUT2D eigenvalue weighted by Gasteiger charge is -2.33. The molecule has 2 unspecified atom stereocenters. The Balaban J connectivity index is 0.000000251. The van der Waals surface area contributed by atoms with E-state index in [-0.39, 0.29) is 95.9 Å². The average molecular weight is 1290 g/mol. The fourth-order valence-electron chi connectivity index (χ4n) is 10.2. The molecule has 8 amide bonds. The van der Waals surface area contributed by atoms with E-state index in [4.69, 9.17) is 62.6 Å². The highest BCUT2D eigenvalue weighted by atomic mass is 35.5. The molecule has 464 valence electrons. The standard InChI is InChI=1S/C33H35Cl2FN4O5.C31H32Cl2FN5O4/c1-45-27-10-4-23(5-11-27)12-15-39(20-30(37)41)33(44)29-19-31(42)38(16-14-24-6-7-25(34)18-28(24)35)21-32(43)40(29)17-13-22-2-8-26(36)9-3-22;32-23-7-6-22(26(33)17-23)11-14-37-20-30(42)39(16-10-21-4-8-24(34)9-5-21)27(18-29(37)41)31(43)38(19-28(35)40)15-12-25-3-1-2-13-36-25/h2-11,18,29H,12-17,19-21H2,1H3,(H2,37,41);1-9,13,17,27H,10-12,14-16,18-20H2,(H2,35,40). The van der Waals surface area contributed by atoms with Gasteiger partial charge in [-0.05, 0) is 133 Å². The lowest BCUT2D eigenvalue weighted by atomic mass is 10.1. The van der Waals surface area contributed by atoms with Crippen molar-refractivity contribution >= 4 is 93.7 Å². The van der Waals surface area contributed by atoms with E-state index in [1.54, 1.807) is 98.2 Å². The van der Waals surface area contributed by atoms with E-state index in [1.807, 2.05) is 18.2 Å². The Kier molecular flexibility index (Phi) is 25.0. The van der Waals surface area contributed by atoms with Gasteiger partial charge in [0.2, 0.25) is 47.3 Å². The maximum atomic E-state index is 14.1. The van der Waals surface area contributed by atoms with Crippen LogP contribution in [0.1, 0.15) is 46.4 Å². The van der Waals surface area contributed by atoms with Crippen LogP contribution < -0.4 is 16.2 Å². The van der Waals surface area contributed by atoms with Crippen LogP contribution in [0.3, 0.4) is 0 Å². The van der Waals surface area contributed by atoms with E-state index in [0.717, 1.165) is 27.8 Å². The number of ether oxygens (including phenoxy) is 1. The van der Waals surface area contributed by atoms with Crippen LogP contribution in [0.4, 0.5) is 8.78 Å². The molecule has 6 aromatic rings. The second-order valence-electron chi connectivity index (χ2n) is 21.1. The zero-order valence-electron chi connectivity index (χ0n) is 48.3. The summed E-state index contributed by atoms with van der Waals surface area (Å²) in [5, 5.41) is 1.86. The first kappa shape index (κ1) is 67.3. The highest BCUT2D eigenvalue weighted by Crippen LogP contribution is 2.26. The van der Waals surface area contributed by atoms with Crippen molar-refractivity contribution < 1.29 is 51.9 Å². The minimum atomic E-state index is -1.16. The molecule has 3 heterocycles. The molecule has 2 saturated heterocycles. The van der Waals surface area contributed by atoms with Crippen LogP contribution in [0.5, 0.6) is 5.75 Å². The molecule has 2 aliphatic heterocycles. The van der Waals surface area contributed by atoms with E-state index in [1.165, 1.54) is 53.7 Å². The number of hydrogen-bond donors (Lipinski definition) is 2. The van der Waals surface area contributed by atoms with Crippen molar-refractivity contribution in [2.45, 2.75) is 63.5 Å². The normalized spacial score (nSPS) is 15.3. The van der Waals surface area contributed by atoms with Crippen molar-refractivity contribution in [3.8, 4) is 5.75 Å². The van der Waals surface area contributed by atoms with Crippen LogP contribution in [0.15, 0.2) is 134 Å². The smallest absolute Gasteiger partial charge is 0.246 e. The van der Waals surface area contributed by atoms with Gasteiger partial charge in [0, 0.05) is 77.7 Å². The number of nitrogens with zero attached hydrogens (tertiary/aromatic N) is 7. The van der Waals surface area contributed by atoms with Gasteiger partial charge >= 0.3 is 0 Å². The van der Waals surface area contributed by atoms with Crippen molar-refractivity contribution in [3.63, 3.8) is 0 Å². The number of rotatable bonds is 25. The maximum Gasteiger partial charge on any atom is 0.246 e. The number of amides is 8. The number of halogens is 6. The molecule has 88 heavy (non-hydrogen) atoms. The Hall–Kier alpha value is -8.17. The molecule has 1 aromatic heterocycles. The van der Waals surface area contributed by atoms with Gasteiger partial charge in [0.1, 0.15) is 29.5 Å². The summed E-state index contributed by atoms with van der Waals surface area (Å²) in [6.07, 6.45) is 3.22. The SMILES string of the molecule is COc1ccc(CCN(CC(N)=O)C(=O)C2CC(=O)N(CCc3ccc(Cl)cc3Cl)CC(=O)N2CCc2ccc(F)cc2)cc1.NC(=O)CN(CCc1ccccn1)C(=O)C1CC(=O)N(CCc2ccc(Cl)cc2Cl)CC(=O)N1CCc1ccc(F)cc1. The number of pyridine rings is 1. The molecule has 2 fully saturated rings. The van der Waals surface area contributed by atoms with E-state index in [0.29, 0.717) is 70.1 Å². The number of nitrogens with two attached hydrogens (primary N) is 2. The molecule has 24 heteroatoms. The van der Waals surface area contributed by atoms with Crippen molar-refractivity contribution in [1.29, 1.82) is 0 Å². The third-order valence-electron chi connectivity index (χ3n) is 15.0. The molecule has 8 rings (SSSR count). The summed E-state index contributed by atoms with van der Waals surface area (Å²) in [5.41, 5.74) is 15.6. The van der Waals surface area contributed by atoms with Crippen LogP contribution >= 0.6 is 46.4 Å². The molecule has 0 aliphatic carbocycles. The second kappa shape index (κ2) is 32.7. The van der Waals surface area contributed by atoms with Gasteiger partial charge in [-0.25, -0.2) is 8.78 Å². The molecular weight excluding hydrogens is 1220 g/mol. The molecule has 0 bridgehead atoms. The summed E-state index contributed by atoms with van der Waals surface area (Å²) < 4.78 is 32.2. The number of hydrogen-bond acceptors (Lipinski definition) is 10. The highest BCUT2D eigenvalue weighted by Gasteiger charge is 2.41. The quantitative estimate of drug-likeness (QED) is 0.0585. The third-order valence-corrected chi connectivity index (χ3v) is 16.2. The summed E-state index contributed by atoms with van der Waals surface area (Å²) in [4.78, 5) is 119. The van der Waals surface area contributed by atoms with E-state index in [2.05, 4.69) is 4.98 Å². The number of carbonyl (C=O) groups excluding carboxylic acids is 8. The minimum Gasteiger partial charge on any atom is -0.497 e. The van der Waals surface area contributed by atoms with E-state index >= 15 is 0 Å². The lowest BCUT2D eigenvalue weighted by Crippen LogP contribution is -2.53. The van der Waals surface area contributed by atoms with Crippen molar-refractivity contribution in [3.05, 3.63) is 199 Å². The van der Waals surface area contributed by atoms with Gasteiger partial charge in [-0.15, -0.1) is 0 Å². The fraction of sp³-hybridized carbons (Fsp3) is 0.328. The van der Waals surface area contributed by atoms with Crippen LogP contribution in [-0.2, 0) is 76.9 Å². The number of methoxy groups -OCH3 is 1. The first-order valence-electron chi connectivity index (χ1n) is 28.3. The first-order chi connectivity index (χ1) is 42.1. The van der Waals surface area contributed by atoms with Gasteiger partial charge in [-0.1, -0.05) is 101 Å². The van der Waals surface area contributed by atoms with E-state index in [9.17, 15) is 47.1 Å². The molecule has 2 aliphatic rings. The van der Waals surface area contributed by atoms with Crippen LogP contribution in [0.25, 0.3) is 0 Å². The summed E-state index contributed by atoms with van der Waals surface area (Å²) in [7, 11) is 1.56. The molecule has 4 N–H and O–H groups in total.